The Morgan fingerprint density at radius 2 is 1.73 bits per heavy atom. The maximum atomic E-state index is 5.21. The lowest BCUT2D eigenvalue weighted by atomic mass is 9.99. The fourth-order valence-electron chi connectivity index (χ4n) is 2.90. The molecular weight excluding hydrogens is 270 g/mol. The van der Waals surface area contributed by atoms with Gasteiger partial charge in [-0.3, -0.25) is 4.90 Å². The summed E-state index contributed by atoms with van der Waals surface area (Å²) in [6, 6.07) is 19.1. The van der Waals surface area contributed by atoms with Gasteiger partial charge in [0, 0.05) is 19.6 Å². The molecular formula is C20H23NO. The minimum atomic E-state index is 0.924. The molecule has 0 aromatic heterocycles. The van der Waals surface area contributed by atoms with Crippen LogP contribution in [0.3, 0.4) is 0 Å². The van der Waals surface area contributed by atoms with Gasteiger partial charge < -0.3 is 4.74 Å². The van der Waals surface area contributed by atoms with E-state index in [1.807, 2.05) is 12.1 Å². The maximum absolute atomic E-state index is 5.21. The lowest BCUT2D eigenvalue weighted by Crippen LogP contribution is -2.28. The molecule has 2 aromatic rings. The molecule has 114 valence electrons. The molecule has 0 amide bonds. The number of methoxy groups -OCH3 is 1. The molecule has 22 heavy (non-hydrogen) atoms. The van der Waals surface area contributed by atoms with Crippen molar-refractivity contribution in [2.24, 2.45) is 0 Å². The molecule has 2 heteroatoms. The lowest BCUT2D eigenvalue weighted by molar-refractivity contribution is 0.284. The van der Waals surface area contributed by atoms with Crippen LogP contribution in [0.4, 0.5) is 0 Å². The molecule has 0 N–H and O–H groups in total. The van der Waals surface area contributed by atoms with E-state index in [4.69, 9.17) is 4.74 Å². The van der Waals surface area contributed by atoms with Crippen LogP contribution in [0.25, 0.3) is 0 Å². The third-order valence-electron chi connectivity index (χ3n) is 4.23. The molecule has 0 atom stereocenters. The third-order valence-corrected chi connectivity index (χ3v) is 4.23. The smallest absolute Gasteiger partial charge is 0.118 e. The van der Waals surface area contributed by atoms with Crippen molar-refractivity contribution in [3.8, 4) is 5.75 Å². The van der Waals surface area contributed by atoms with Gasteiger partial charge in [0.25, 0.3) is 0 Å². The maximum Gasteiger partial charge on any atom is 0.118 e. The summed E-state index contributed by atoms with van der Waals surface area (Å²) in [6.45, 7) is 3.21. The van der Waals surface area contributed by atoms with Crippen molar-refractivity contribution in [3.05, 3.63) is 77.4 Å². The van der Waals surface area contributed by atoms with Gasteiger partial charge in [-0.25, -0.2) is 0 Å². The first kappa shape index (κ1) is 14.9. The Bertz CT molecular complexity index is 616. The third kappa shape index (κ3) is 3.99. The van der Waals surface area contributed by atoms with E-state index in [1.165, 1.54) is 17.5 Å². The predicted molar refractivity (Wildman–Crippen MR) is 91.1 cm³/mol. The summed E-state index contributed by atoms with van der Waals surface area (Å²) in [5.74, 6) is 0.924. The Morgan fingerprint density at radius 3 is 2.36 bits per heavy atom. The number of ether oxygens (including phenoxy) is 1. The highest BCUT2D eigenvalue weighted by molar-refractivity contribution is 5.27. The standard InChI is InChI=1S/C20H23NO/c1-22-20-9-7-19(8-10-20)16-21-13-11-18(12-14-21)15-17-5-3-2-4-6-17/h2-11H,12-16H2,1H3. The molecule has 0 bridgehead atoms. The highest BCUT2D eigenvalue weighted by Gasteiger charge is 2.12. The van der Waals surface area contributed by atoms with Gasteiger partial charge in [0.1, 0.15) is 5.75 Å². The van der Waals surface area contributed by atoms with Gasteiger partial charge in [0.05, 0.1) is 7.11 Å². The first-order chi connectivity index (χ1) is 10.8. The van der Waals surface area contributed by atoms with E-state index in [2.05, 4.69) is 53.4 Å². The van der Waals surface area contributed by atoms with E-state index in [1.54, 1.807) is 12.7 Å². The number of benzene rings is 2. The van der Waals surface area contributed by atoms with E-state index in [0.717, 1.165) is 31.8 Å². The largest absolute Gasteiger partial charge is 0.497 e. The Morgan fingerprint density at radius 1 is 0.955 bits per heavy atom. The van der Waals surface area contributed by atoms with Crippen molar-refractivity contribution in [1.82, 2.24) is 4.90 Å². The Hall–Kier alpha value is -2.06. The molecule has 1 heterocycles. The molecule has 0 unspecified atom stereocenters. The number of hydrogen-bond donors (Lipinski definition) is 0. The second-order valence-electron chi connectivity index (χ2n) is 5.86. The average molecular weight is 293 g/mol. The first-order valence-corrected chi connectivity index (χ1v) is 7.90. The molecule has 0 spiro atoms. The van der Waals surface area contributed by atoms with Crippen molar-refractivity contribution in [1.29, 1.82) is 0 Å². The predicted octanol–water partition coefficient (Wildman–Crippen LogP) is 4.07. The van der Waals surface area contributed by atoms with Gasteiger partial charge in [-0.05, 0) is 36.1 Å². The summed E-state index contributed by atoms with van der Waals surface area (Å²) in [7, 11) is 1.71. The van der Waals surface area contributed by atoms with Crippen LogP contribution in [-0.2, 0) is 13.0 Å². The zero-order valence-electron chi connectivity index (χ0n) is 13.2. The number of rotatable bonds is 5. The monoisotopic (exact) mass is 293 g/mol. The van der Waals surface area contributed by atoms with E-state index >= 15 is 0 Å². The summed E-state index contributed by atoms with van der Waals surface area (Å²) in [5, 5.41) is 0. The Balaban J connectivity index is 1.54. The topological polar surface area (TPSA) is 12.5 Å². The lowest BCUT2D eigenvalue weighted by Gasteiger charge is -2.26. The molecule has 2 nitrogen and oxygen atoms in total. The van der Waals surface area contributed by atoms with E-state index in [-0.39, 0.29) is 0 Å². The van der Waals surface area contributed by atoms with E-state index in [9.17, 15) is 0 Å². The Kier molecular flexibility index (Phi) is 4.92. The summed E-state index contributed by atoms with van der Waals surface area (Å²) >= 11 is 0. The molecule has 0 saturated heterocycles. The van der Waals surface area contributed by atoms with Crippen LogP contribution < -0.4 is 4.74 Å². The molecule has 2 aromatic carbocycles. The van der Waals surface area contributed by atoms with Gasteiger partial charge in [-0.2, -0.15) is 0 Å². The van der Waals surface area contributed by atoms with Crippen molar-refractivity contribution in [2.75, 3.05) is 20.2 Å². The highest BCUT2D eigenvalue weighted by Crippen LogP contribution is 2.19. The van der Waals surface area contributed by atoms with Gasteiger partial charge in [-0.1, -0.05) is 54.1 Å². The van der Waals surface area contributed by atoms with Crippen LogP contribution in [0.1, 0.15) is 17.5 Å². The molecule has 1 aliphatic rings. The van der Waals surface area contributed by atoms with Crippen LogP contribution in [0, 0.1) is 0 Å². The molecule has 3 rings (SSSR count). The number of hydrogen-bond acceptors (Lipinski definition) is 2. The van der Waals surface area contributed by atoms with Crippen molar-refractivity contribution in [3.63, 3.8) is 0 Å². The quantitative estimate of drug-likeness (QED) is 0.771. The zero-order chi connectivity index (χ0) is 15.2. The molecule has 1 aliphatic heterocycles. The van der Waals surface area contributed by atoms with Gasteiger partial charge in [-0.15, -0.1) is 0 Å². The van der Waals surface area contributed by atoms with Crippen LogP contribution in [0.5, 0.6) is 5.75 Å². The van der Waals surface area contributed by atoms with Gasteiger partial charge >= 0.3 is 0 Å². The average Bonchev–Trinajstić information content (AvgIpc) is 2.58. The molecule has 0 radical (unpaired) electrons. The SMILES string of the molecule is COc1ccc(CN2CC=C(Cc3ccccc3)CC2)cc1. The van der Waals surface area contributed by atoms with Crippen LogP contribution in [-0.4, -0.2) is 25.1 Å². The summed E-state index contributed by atoms with van der Waals surface area (Å²) < 4.78 is 5.21. The minimum absolute atomic E-state index is 0.924. The van der Waals surface area contributed by atoms with Gasteiger partial charge in [0.15, 0.2) is 0 Å². The van der Waals surface area contributed by atoms with Crippen molar-refractivity contribution < 1.29 is 4.74 Å². The zero-order valence-corrected chi connectivity index (χ0v) is 13.2. The first-order valence-electron chi connectivity index (χ1n) is 7.90. The second-order valence-corrected chi connectivity index (χ2v) is 5.86. The molecule has 0 saturated carbocycles. The van der Waals surface area contributed by atoms with E-state index in [0.29, 0.717) is 0 Å². The minimum Gasteiger partial charge on any atom is -0.497 e. The van der Waals surface area contributed by atoms with Crippen LogP contribution in [0.2, 0.25) is 0 Å². The summed E-state index contributed by atoms with van der Waals surface area (Å²) in [4.78, 5) is 2.50. The molecule has 0 fully saturated rings. The highest BCUT2D eigenvalue weighted by atomic mass is 16.5. The van der Waals surface area contributed by atoms with Crippen molar-refractivity contribution >= 4 is 0 Å². The van der Waals surface area contributed by atoms with Crippen LogP contribution in [0.15, 0.2) is 66.2 Å². The second kappa shape index (κ2) is 7.28. The Labute approximate surface area is 133 Å². The fourth-order valence-corrected chi connectivity index (χ4v) is 2.90. The number of nitrogens with zero attached hydrogens (tertiary/aromatic N) is 1. The van der Waals surface area contributed by atoms with E-state index < -0.39 is 0 Å². The van der Waals surface area contributed by atoms with Crippen LogP contribution >= 0.6 is 0 Å². The fraction of sp³-hybridized carbons (Fsp3) is 0.300. The normalized spacial score (nSPS) is 15.4. The summed E-state index contributed by atoms with van der Waals surface area (Å²) in [6.07, 6.45) is 4.67. The molecule has 0 aliphatic carbocycles. The summed E-state index contributed by atoms with van der Waals surface area (Å²) in [5.41, 5.74) is 4.33. The van der Waals surface area contributed by atoms with Gasteiger partial charge in [0.2, 0.25) is 0 Å². The van der Waals surface area contributed by atoms with Crippen molar-refractivity contribution in [2.45, 2.75) is 19.4 Å².